The summed E-state index contributed by atoms with van der Waals surface area (Å²) in [6.45, 7) is 5.43. The van der Waals surface area contributed by atoms with Crippen LogP contribution in [0.3, 0.4) is 0 Å². The van der Waals surface area contributed by atoms with Gasteiger partial charge in [0.05, 0.1) is 19.8 Å². The number of fused-ring (bicyclic) bond motifs is 1. The maximum atomic E-state index is 12.5. The van der Waals surface area contributed by atoms with Crippen molar-refractivity contribution in [1.82, 2.24) is 19.7 Å². The second kappa shape index (κ2) is 8.83. The number of amides is 1. The van der Waals surface area contributed by atoms with E-state index < -0.39 is 12.0 Å². The molecule has 2 aliphatic rings. The molecule has 8 nitrogen and oxygen atoms in total. The number of carbonyl (C=O) groups is 2. The first-order valence-electron chi connectivity index (χ1n) is 9.84. The summed E-state index contributed by atoms with van der Waals surface area (Å²) < 4.78 is 6.22. The minimum absolute atomic E-state index is 0.123. The maximum absolute atomic E-state index is 12.5. The lowest BCUT2D eigenvalue weighted by Crippen LogP contribution is -2.52. The third-order valence-electron chi connectivity index (χ3n) is 5.70. The first-order valence-corrected chi connectivity index (χ1v) is 10.6. The van der Waals surface area contributed by atoms with Crippen LogP contribution in [0.25, 0.3) is 10.9 Å². The van der Waals surface area contributed by atoms with Gasteiger partial charge in [0.15, 0.2) is 0 Å². The predicted octanol–water partition coefficient (Wildman–Crippen LogP) is 1.53. The number of aromatic amines is 1. The van der Waals surface area contributed by atoms with Crippen LogP contribution in [0.2, 0.25) is 0 Å². The molecule has 3 heterocycles. The number of carbonyl (C=O) groups excluding carboxylic acids is 1. The Balaban J connectivity index is 1.42. The van der Waals surface area contributed by atoms with Crippen LogP contribution in [-0.4, -0.2) is 95.7 Å². The first kappa shape index (κ1) is 20.3. The zero-order valence-electron chi connectivity index (χ0n) is 16.1. The van der Waals surface area contributed by atoms with Crippen molar-refractivity contribution in [2.45, 2.75) is 6.04 Å². The van der Waals surface area contributed by atoms with Gasteiger partial charge in [-0.1, -0.05) is 15.9 Å². The summed E-state index contributed by atoms with van der Waals surface area (Å²) in [6.07, 6.45) is 1.80. The Bertz CT molecular complexity index is 888. The van der Waals surface area contributed by atoms with Crippen LogP contribution in [0.15, 0.2) is 28.9 Å². The van der Waals surface area contributed by atoms with E-state index in [2.05, 4.69) is 25.8 Å². The molecular weight excluding hydrogens is 440 g/mol. The normalized spacial score (nSPS) is 20.1. The predicted molar refractivity (Wildman–Crippen MR) is 112 cm³/mol. The summed E-state index contributed by atoms with van der Waals surface area (Å²) in [5.41, 5.74) is 1.69. The van der Waals surface area contributed by atoms with Crippen molar-refractivity contribution in [2.75, 3.05) is 59.0 Å². The second-order valence-electron chi connectivity index (χ2n) is 7.48. The number of carboxylic acids is 1. The second-order valence-corrected chi connectivity index (χ2v) is 8.40. The summed E-state index contributed by atoms with van der Waals surface area (Å²) in [6, 6.07) is 5.11. The van der Waals surface area contributed by atoms with Gasteiger partial charge in [-0.25, -0.2) is 0 Å². The molecule has 2 N–H and O–H groups in total. The highest BCUT2D eigenvalue weighted by molar-refractivity contribution is 9.10. The van der Waals surface area contributed by atoms with E-state index in [9.17, 15) is 14.7 Å². The van der Waals surface area contributed by atoms with Crippen molar-refractivity contribution in [2.24, 2.45) is 0 Å². The lowest BCUT2D eigenvalue weighted by Gasteiger charge is -2.38. The number of hydrogen-bond donors (Lipinski definition) is 2. The minimum atomic E-state index is -0.858. The Hall–Kier alpha value is -1.94. The lowest BCUT2D eigenvalue weighted by molar-refractivity contribution is -0.145. The average molecular weight is 465 g/mol. The van der Waals surface area contributed by atoms with Crippen LogP contribution in [0, 0.1) is 0 Å². The average Bonchev–Trinajstić information content (AvgIpc) is 3.12. The number of carboxylic acid groups (broad SMARTS) is 1. The molecule has 0 saturated carbocycles. The fourth-order valence-electron chi connectivity index (χ4n) is 4.11. The van der Waals surface area contributed by atoms with Gasteiger partial charge in [-0.2, -0.15) is 0 Å². The molecule has 0 bridgehead atoms. The Morgan fingerprint density at radius 2 is 1.86 bits per heavy atom. The summed E-state index contributed by atoms with van der Waals surface area (Å²) in [5.74, 6) is -0.735. The number of nitrogens with zero attached hydrogens (tertiary/aromatic N) is 3. The van der Waals surface area contributed by atoms with Crippen LogP contribution >= 0.6 is 15.9 Å². The van der Waals surface area contributed by atoms with E-state index in [-0.39, 0.29) is 5.91 Å². The fourth-order valence-corrected chi connectivity index (χ4v) is 4.47. The number of rotatable bonds is 5. The highest BCUT2D eigenvalue weighted by atomic mass is 79.9. The number of aromatic nitrogens is 1. The van der Waals surface area contributed by atoms with E-state index in [0.29, 0.717) is 59.0 Å². The summed E-state index contributed by atoms with van der Waals surface area (Å²) in [4.78, 5) is 33.7. The highest BCUT2D eigenvalue weighted by Crippen LogP contribution is 2.31. The Morgan fingerprint density at radius 3 is 2.55 bits per heavy atom. The molecule has 1 aromatic heterocycles. The van der Waals surface area contributed by atoms with Crippen LogP contribution in [0.4, 0.5) is 0 Å². The number of halogens is 1. The first-order chi connectivity index (χ1) is 14.0. The quantitative estimate of drug-likeness (QED) is 0.697. The van der Waals surface area contributed by atoms with Gasteiger partial charge in [-0.05, 0) is 18.2 Å². The van der Waals surface area contributed by atoms with Crippen molar-refractivity contribution in [3.63, 3.8) is 0 Å². The number of aliphatic carboxylic acids is 1. The number of H-pyrrole nitrogens is 1. The monoisotopic (exact) mass is 464 g/mol. The number of morpholine rings is 1. The van der Waals surface area contributed by atoms with Crippen LogP contribution in [-0.2, 0) is 14.3 Å². The molecule has 2 aliphatic heterocycles. The van der Waals surface area contributed by atoms with Gasteiger partial charge >= 0.3 is 5.97 Å². The zero-order chi connectivity index (χ0) is 20.4. The molecule has 2 fully saturated rings. The molecule has 156 valence electrons. The molecule has 1 aromatic carbocycles. The van der Waals surface area contributed by atoms with Crippen molar-refractivity contribution >= 4 is 38.7 Å². The third kappa shape index (κ3) is 4.48. The van der Waals surface area contributed by atoms with Crippen LogP contribution < -0.4 is 0 Å². The largest absolute Gasteiger partial charge is 0.480 e. The zero-order valence-corrected chi connectivity index (χ0v) is 17.7. The molecular formula is C20H25BrN4O4. The molecule has 2 aromatic rings. The van der Waals surface area contributed by atoms with Crippen molar-refractivity contribution in [1.29, 1.82) is 0 Å². The Morgan fingerprint density at radius 1 is 1.14 bits per heavy atom. The Labute approximate surface area is 177 Å². The summed E-state index contributed by atoms with van der Waals surface area (Å²) >= 11 is 3.47. The number of hydrogen-bond acceptors (Lipinski definition) is 5. The third-order valence-corrected chi connectivity index (χ3v) is 6.19. The van der Waals surface area contributed by atoms with Gasteiger partial charge in [0, 0.05) is 66.4 Å². The van der Waals surface area contributed by atoms with Gasteiger partial charge in [-0.3, -0.25) is 19.4 Å². The van der Waals surface area contributed by atoms with E-state index in [1.807, 2.05) is 28.0 Å². The minimum Gasteiger partial charge on any atom is -0.480 e. The van der Waals surface area contributed by atoms with E-state index in [1.165, 1.54) is 0 Å². The van der Waals surface area contributed by atoms with Crippen molar-refractivity contribution in [3.05, 3.63) is 34.4 Å². The summed E-state index contributed by atoms with van der Waals surface area (Å²) in [5, 5.41) is 10.9. The van der Waals surface area contributed by atoms with Crippen molar-refractivity contribution < 1.29 is 19.4 Å². The number of ether oxygens (including phenoxy) is 1. The SMILES string of the molecule is O=C(O)[C@@H](c1c[nH]c2ccc(Br)cc12)N1CCN(CC(=O)N2CCOCC2)CC1. The fraction of sp³-hybridized carbons (Fsp3) is 0.500. The molecule has 1 atom stereocenters. The van der Waals surface area contributed by atoms with E-state index >= 15 is 0 Å². The standard InChI is InChI=1S/C20H25BrN4O4/c21-14-1-2-17-15(11-14)16(12-22-17)19(20(27)28)25-5-3-23(4-6-25)13-18(26)24-7-9-29-10-8-24/h1-2,11-12,19,22H,3-10,13H2,(H,27,28)/t19-/m1/s1. The molecule has 0 spiro atoms. The molecule has 4 rings (SSSR count). The topological polar surface area (TPSA) is 89.1 Å². The van der Waals surface area contributed by atoms with Gasteiger partial charge in [-0.15, -0.1) is 0 Å². The maximum Gasteiger partial charge on any atom is 0.325 e. The smallest absolute Gasteiger partial charge is 0.325 e. The van der Waals surface area contributed by atoms with Gasteiger partial charge in [0.25, 0.3) is 0 Å². The number of nitrogens with one attached hydrogen (secondary N) is 1. The molecule has 1 amide bonds. The van der Waals surface area contributed by atoms with Crippen LogP contribution in [0.1, 0.15) is 11.6 Å². The van der Waals surface area contributed by atoms with E-state index in [4.69, 9.17) is 4.74 Å². The van der Waals surface area contributed by atoms with E-state index in [0.717, 1.165) is 20.9 Å². The molecule has 2 saturated heterocycles. The summed E-state index contributed by atoms with van der Waals surface area (Å²) in [7, 11) is 0. The molecule has 29 heavy (non-hydrogen) atoms. The lowest BCUT2D eigenvalue weighted by atomic mass is 10.0. The van der Waals surface area contributed by atoms with Gasteiger partial charge < -0.3 is 19.7 Å². The highest BCUT2D eigenvalue weighted by Gasteiger charge is 2.33. The number of piperazine rings is 1. The molecule has 0 unspecified atom stereocenters. The molecule has 9 heteroatoms. The van der Waals surface area contributed by atoms with Gasteiger partial charge in [0.1, 0.15) is 6.04 Å². The molecule has 0 aliphatic carbocycles. The molecule has 0 radical (unpaired) electrons. The Kier molecular flexibility index (Phi) is 6.19. The van der Waals surface area contributed by atoms with Crippen molar-refractivity contribution in [3.8, 4) is 0 Å². The van der Waals surface area contributed by atoms with E-state index in [1.54, 1.807) is 6.20 Å². The number of benzene rings is 1. The van der Waals surface area contributed by atoms with Crippen LogP contribution in [0.5, 0.6) is 0 Å². The van der Waals surface area contributed by atoms with Gasteiger partial charge in [0.2, 0.25) is 5.91 Å².